The van der Waals surface area contributed by atoms with Crippen LogP contribution >= 0.6 is 23.7 Å². The number of fused-ring (bicyclic) bond motifs is 1. The van der Waals surface area contributed by atoms with Gasteiger partial charge in [0.05, 0.1) is 13.3 Å². The lowest BCUT2D eigenvalue weighted by molar-refractivity contribution is 0.253. The van der Waals surface area contributed by atoms with E-state index in [-0.39, 0.29) is 12.4 Å². The van der Waals surface area contributed by atoms with Crippen LogP contribution in [0.3, 0.4) is 0 Å². The molecular formula is C20H25ClN4OS. The van der Waals surface area contributed by atoms with Crippen molar-refractivity contribution in [1.29, 1.82) is 0 Å². The average molecular weight is 405 g/mol. The van der Waals surface area contributed by atoms with E-state index in [0.29, 0.717) is 0 Å². The number of ether oxygens (including phenoxy) is 1. The normalized spacial score (nSPS) is 14.9. The van der Waals surface area contributed by atoms with Crippen molar-refractivity contribution in [2.45, 2.75) is 12.8 Å². The van der Waals surface area contributed by atoms with Crippen molar-refractivity contribution in [2.75, 3.05) is 44.7 Å². The number of thiophene rings is 1. The third-order valence-corrected chi connectivity index (χ3v) is 6.04. The summed E-state index contributed by atoms with van der Waals surface area (Å²) >= 11 is 1.86. The zero-order valence-corrected chi connectivity index (χ0v) is 17.1. The van der Waals surface area contributed by atoms with Crippen LogP contribution in [0.1, 0.15) is 12.0 Å². The van der Waals surface area contributed by atoms with Crippen LogP contribution in [0.2, 0.25) is 0 Å². The molecule has 3 heterocycles. The lowest BCUT2D eigenvalue weighted by atomic mass is 10.1. The third-order valence-electron chi connectivity index (χ3n) is 5.03. The Morgan fingerprint density at radius 2 is 1.96 bits per heavy atom. The van der Waals surface area contributed by atoms with Gasteiger partial charge < -0.3 is 9.64 Å². The number of nitrogens with zero attached hydrogens (tertiary/aromatic N) is 4. The summed E-state index contributed by atoms with van der Waals surface area (Å²) in [6.07, 6.45) is 5.69. The van der Waals surface area contributed by atoms with Crippen molar-refractivity contribution in [3.05, 3.63) is 47.7 Å². The summed E-state index contributed by atoms with van der Waals surface area (Å²) in [6.45, 7) is 5.25. The van der Waals surface area contributed by atoms with Gasteiger partial charge in [-0.1, -0.05) is 18.2 Å². The highest BCUT2D eigenvalue weighted by molar-refractivity contribution is 7.17. The molecule has 1 aliphatic rings. The molecule has 0 unspecified atom stereocenters. The van der Waals surface area contributed by atoms with Crippen molar-refractivity contribution in [1.82, 2.24) is 14.9 Å². The maximum atomic E-state index is 5.39. The molecule has 1 aromatic carbocycles. The molecule has 1 aliphatic heterocycles. The van der Waals surface area contributed by atoms with E-state index in [2.05, 4.69) is 49.4 Å². The minimum absolute atomic E-state index is 0. The Hall–Kier alpha value is -1.89. The minimum atomic E-state index is 0. The molecule has 0 amide bonds. The summed E-state index contributed by atoms with van der Waals surface area (Å²) in [5, 5.41) is 3.75. The molecule has 1 fully saturated rings. The quantitative estimate of drug-likeness (QED) is 0.623. The summed E-state index contributed by atoms with van der Waals surface area (Å²) in [4.78, 5) is 13.3. The molecule has 0 radical (unpaired) electrons. The summed E-state index contributed by atoms with van der Waals surface area (Å²) < 4.78 is 6.79. The van der Waals surface area contributed by atoms with E-state index < -0.39 is 0 Å². The van der Waals surface area contributed by atoms with E-state index in [4.69, 9.17) is 4.74 Å². The van der Waals surface area contributed by atoms with Crippen molar-refractivity contribution in [3.63, 3.8) is 0 Å². The number of anilines is 1. The molecule has 4 rings (SSSR count). The van der Waals surface area contributed by atoms with Crippen LogP contribution in [0.25, 0.3) is 10.1 Å². The Labute approximate surface area is 170 Å². The van der Waals surface area contributed by atoms with Crippen molar-refractivity contribution < 1.29 is 4.74 Å². The van der Waals surface area contributed by atoms with Gasteiger partial charge >= 0.3 is 0 Å². The molecule has 0 aliphatic carbocycles. The Morgan fingerprint density at radius 1 is 1.15 bits per heavy atom. The topological polar surface area (TPSA) is 41.5 Å². The van der Waals surface area contributed by atoms with Crippen LogP contribution in [0.4, 0.5) is 5.82 Å². The van der Waals surface area contributed by atoms with Gasteiger partial charge in [0.1, 0.15) is 6.33 Å². The van der Waals surface area contributed by atoms with Crippen LogP contribution in [-0.2, 0) is 6.42 Å². The van der Waals surface area contributed by atoms with Crippen LogP contribution in [-0.4, -0.2) is 54.7 Å². The Kier molecular flexibility index (Phi) is 6.88. The van der Waals surface area contributed by atoms with Gasteiger partial charge in [0, 0.05) is 30.9 Å². The van der Waals surface area contributed by atoms with E-state index in [1.807, 2.05) is 11.3 Å². The largest absolute Gasteiger partial charge is 0.491 e. The van der Waals surface area contributed by atoms with E-state index in [9.17, 15) is 0 Å². The Balaban J connectivity index is 0.00000210. The second-order valence-corrected chi connectivity index (χ2v) is 7.52. The van der Waals surface area contributed by atoms with Gasteiger partial charge in [-0.25, -0.2) is 9.97 Å². The second-order valence-electron chi connectivity index (χ2n) is 6.60. The molecule has 0 saturated carbocycles. The van der Waals surface area contributed by atoms with Crippen molar-refractivity contribution in [2.24, 2.45) is 0 Å². The number of methoxy groups -OCH3 is 1. The lowest BCUT2D eigenvalue weighted by Gasteiger charge is -2.35. The predicted octanol–water partition coefficient (Wildman–Crippen LogP) is 3.88. The number of aromatic nitrogens is 2. The first-order valence-corrected chi connectivity index (χ1v) is 9.99. The number of hydrogen-bond acceptors (Lipinski definition) is 6. The zero-order valence-electron chi connectivity index (χ0n) is 15.5. The highest BCUT2D eigenvalue weighted by Gasteiger charge is 2.20. The van der Waals surface area contributed by atoms with Gasteiger partial charge in [0.15, 0.2) is 11.6 Å². The summed E-state index contributed by atoms with van der Waals surface area (Å²) in [5.74, 6) is 1.66. The standard InChI is InChI=1S/C20H24N4OS.ClH/c1-25-18-13-21-15-22-20(18)24-11-9-23(10-12-24)8-4-5-16-14-26-19-7-3-2-6-17(16)19;/h2-3,6-7,13-15H,4-5,8-12H2,1H3;1H. The summed E-state index contributed by atoms with van der Waals surface area (Å²) in [6, 6.07) is 8.72. The SMILES string of the molecule is COc1cncnc1N1CCN(CCCc2csc3ccccc23)CC1.Cl. The lowest BCUT2D eigenvalue weighted by Crippen LogP contribution is -2.47. The third kappa shape index (κ3) is 4.51. The molecule has 144 valence electrons. The fourth-order valence-corrected chi connectivity index (χ4v) is 4.59. The first-order chi connectivity index (χ1) is 12.8. The summed E-state index contributed by atoms with van der Waals surface area (Å²) in [5.41, 5.74) is 1.50. The molecule has 0 N–H and O–H groups in total. The molecule has 27 heavy (non-hydrogen) atoms. The van der Waals surface area contributed by atoms with E-state index in [0.717, 1.165) is 50.7 Å². The fraction of sp³-hybridized carbons (Fsp3) is 0.400. The monoisotopic (exact) mass is 404 g/mol. The van der Waals surface area contributed by atoms with Gasteiger partial charge in [0.25, 0.3) is 0 Å². The molecule has 1 saturated heterocycles. The second kappa shape index (κ2) is 9.35. The number of benzene rings is 1. The number of piperazine rings is 1. The van der Waals surface area contributed by atoms with Gasteiger partial charge in [-0.05, 0) is 41.8 Å². The van der Waals surface area contributed by atoms with Gasteiger partial charge in [-0.15, -0.1) is 23.7 Å². The zero-order chi connectivity index (χ0) is 17.8. The van der Waals surface area contributed by atoms with Crippen LogP contribution in [0.15, 0.2) is 42.2 Å². The van der Waals surface area contributed by atoms with Crippen LogP contribution in [0, 0.1) is 0 Å². The summed E-state index contributed by atoms with van der Waals surface area (Å²) in [7, 11) is 1.67. The van der Waals surface area contributed by atoms with Crippen molar-refractivity contribution in [3.8, 4) is 5.75 Å². The van der Waals surface area contributed by atoms with Crippen molar-refractivity contribution >= 4 is 39.6 Å². The molecule has 7 heteroatoms. The Bertz CT molecular complexity index is 864. The first kappa shape index (κ1) is 19.9. The highest BCUT2D eigenvalue weighted by atomic mass is 35.5. The molecule has 0 bridgehead atoms. The van der Waals surface area contributed by atoms with Crippen LogP contribution < -0.4 is 9.64 Å². The minimum Gasteiger partial charge on any atom is -0.491 e. The molecule has 0 atom stereocenters. The van der Waals surface area contributed by atoms with Gasteiger partial charge in [-0.2, -0.15) is 0 Å². The molecular weight excluding hydrogens is 380 g/mol. The van der Waals surface area contributed by atoms with Gasteiger partial charge in [-0.3, -0.25) is 4.90 Å². The van der Waals surface area contributed by atoms with E-state index >= 15 is 0 Å². The number of rotatable bonds is 6. The van der Waals surface area contributed by atoms with E-state index in [1.54, 1.807) is 19.6 Å². The molecule has 0 spiro atoms. The smallest absolute Gasteiger partial charge is 0.179 e. The molecule has 3 aromatic rings. The number of halogens is 1. The van der Waals surface area contributed by atoms with Crippen LogP contribution in [0.5, 0.6) is 5.75 Å². The average Bonchev–Trinajstić information content (AvgIpc) is 3.12. The maximum absolute atomic E-state index is 5.39. The Morgan fingerprint density at radius 3 is 2.78 bits per heavy atom. The number of hydrogen-bond donors (Lipinski definition) is 0. The highest BCUT2D eigenvalue weighted by Crippen LogP contribution is 2.27. The van der Waals surface area contributed by atoms with Gasteiger partial charge in [0.2, 0.25) is 0 Å². The van der Waals surface area contributed by atoms with E-state index in [1.165, 1.54) is 22.1 Å². The molecule has 2 aromatic heterocycles. The first-order valence-electron chi connectivity index (χ1n) is 9.11. The molecule has 5 nitrogen and oxygen atoms in total. The predicted molar refractivity (Wildman–Crippen MR) is 115 cm³/mol. The number of aryl methyl sites for hydroxylation is 1. The fourth-order valence-electron chi connectivity index (χ4n) is 3.59. The maximum Gasteiger partial charge on any atom is 0.179 e.